The first-order valence-electron chi connectivity index (χ1n) is 22.1. The number of hydrogen-bond donors (Lipinski definition) is 0. The zero-order chi connectivity index (χ0) is 58.9. The minimum absolute atomic E-state index is 0.691. The monoisotopic (exact) mass is 1140 g/mol. The fraction of sp³-hybridized carbons (Fsp3) is 0.250. The zero-order valence-corrected chi connectivity index (χ0v) is 39.8. The Kier molecular flexibility index (Phi) is 15.8. The topological polar surface area (TPSA) is 3.88 Å². The summed E-state index contributed by atoms with van der Waals surface area (Å²) >= 11 is 0. The highest BCUT2D eigenvalue weighted by Crippen LogP contribution is 2.41. The SMILES string of the molecule is Cc1ccc2c(cc(C)c(C)[n+]2Cc2ccccc2)c1C.FC(F)(F)c1cc([B-](c2cc(C(F)(F)F)cc(C(F)(F)F)c2)(c2cc(C(F)(F)F)cc(C(F)(F)F)c2)c2cc(C(F)(F)F)cc(C(F)(F)F)c2)cc(C(F)(F)F)c1. The van der Waals surface area contributed by atoms with Gasteiger partial charge >= 0.3 is 49.4 Å². The van der Waals surface area contributed by atoms with Crippen LogP contribution in [0.2, 0.25) is 0 Å². The van der Waals surface area contributed by atoms with E-state index in [0.29, 0.717) is 0 Å². The first-order valence-corrected chi connectivity index (χ1v) is 22.1. The second kappa shape index (κ2) is 20.4. The summed E-state index contributed by atoms with van der Waals surface area (Å²) in [6.45, 7) is 9.75. The molecule has 0 aliphatic rings. The summed E-state index contributed by atoms with van der Waals surface area (Å²) in [5.41, 5.74) is -22.1. The third kappa shape index (κ3) is 12.8. The Balaban J connectivity index is 0.000000387. The van der Waals surface area contributed by atoms with Crippen LogP contribution in [-0.4, -0.2) is 6.15 Å². The van der Waals surface area contributed by atoms with Crippen molar-refractivity contribution in [3.63, 3.8) is 0 Å². The molecular formula is C52H34BF24N. The molecule has 0 fully saturated rings. The molecule has 418 valence electrons. The predicted octanol–water partition coefficient (Wildman–Crippen LogP) is 15.6. The molecule has 0 atom stereocenters. The van der Waals surface area contributed by atoms with Crippen LogP contribution in [0.3, 0.4) is 0 Å². The van der Waals surface area contributed by atoms with Crippen molar-refractivity contribution in [3.05, 3.63) is 194 Å². The number of aromatic nitrogens is 1. The summed E-state index contributed by atoms with van der Waals surface area (Å²) in [5, 5.41) is 1.37. The molecule has 0 amide bonds. The molecule has 7 aromatic rings. The molecular weight excluding hydrogens is 1110 g/mol. The van der Waals surface area contributed by atoms with Gasteiger partial charge in [0.05, 0.1) is 44.5 Å². The van der Waals surface area contributed by atoms with E-state index in [1.807, 2.05) is 0 Å². The van der Waals surface area contributed by atoms with Gasteiger partial charge in [0, 0.05) is 29.5 Å². The second-order valence-electron chi connectivity index (χ2n) is 18.1. The highest BCUT2D eigenvalue weighted by molar-refractivity contribution is 7.20. The molecule has 0 radical (unpaired) electrons. The van der Waals surface area contributed by atoms with E-state index < -0.39 is 195 Å². The Labute approximate surface area is 425 Å². The number of hydrogen-bond acceptors (Lipinski definition) is 0. The highest BCUT2D eigenvalue weighted by Gasteiger charge is 2.47. The van der Waals surface area contributed by atoms with Crippen molar-refractivity contribution in [2.75, 3.05) is 0 Å². The Morgan fingerprint density at radius 2 is 0.590 bits per heavy atom. The van der Waals surface area contributed by atoms with Gasteiger partial charge in [-0.15, -0.1) is 0 Å². The van der Waals surface area contributed by atoms with Crippen molar-refractivity contribution in [2.24, 2.45) is 0 Å². The molecule has 0 N–H and O–H groups in total. The van der Waals surface area contributed by atoms with Crippen LogP contribution < -0.4 is 26.4 Å². The number of alkyl halides is 24. The van der Waals surface area contributed by atoms with E-state index in [0.717, 1.165) is 6.54 Å². The third-order valence-corrected chi connectivity index (χ3v) is 13.0. The minimum atomic E-state index is -6.13. The molecule has 1 aromatic heterocycles. The van der Waals surface area contributed by atoms with Crippen LogP contribution in [0.25, 0.3) is 10.9 Å². The summed E-state index contributed by atoms with van der Waals surface area (Å²) in [5.74, 6) is 0. The summed E-state index contributed by atoms with van der Waals surface area (Å²) in [6.07, 6.45) is -54.8. The molecule has 0 bridgehead atoms. The van der Waals surface area contributed by atoms with E-state index in [2.05, 4.69) is 80.8 Å². The number of nitrogens with zero attached hydrogens (tertiary/aromatic N) is 1. The summed E-state index contributed by atoms with van der Waals surface area (Å²) in [7, 11) is 0. The highest BCUT2D eigenvalue weighted by atomic mass is 19.4. The number of halogens is 24. The van der Waals surface area contributed by atoms with Gasteiger partial charge in [-0.25, -0.2) is 0 Å². The van der Waals surface area contributed by atoms with E-state index in [4.69, 9.17) is 0 Å². The van der Waals surface area contributed by atoms with Gasteiger partial charge in [0.25, 0.3) is 0 Å². The maximum atomic E-state index is 14.2. The van der Waals surface area contributed by atoms with Crippen LogP contribution in [0, 0.1) is 27.7 Å². The van der Waals surface area contributed by atoms with Crippen LogP contribution in [0.4, 0.5) is 105 Å². The van der Waals surface area contributed by atoms with Crippen LogP contribution in [0.5, 0.6) is 0 Å². The van der Waals surface area contributed by atoms with Crippen LogP contribution >= 0.6 is 0 Å². The molecule has 0 saturated heterocycles. The van der Waals surface area contributed by atoms with E-state index in [1.165, 1.54) is 38.9 Å². The lowest BCUT2D eigenvalue weighted by Crippen LogP contribution is -2.75. The summed E-state index contributed by atoms with van der Waals surface area (Å²) in [6, 6.07) is 8.69. The maximum absolute atomic E-state index is 14.2. The molecule has 1 nitrogen and oxygen atoms in total. The van der Waals surface area contributed by atoms with Gasteiger partial charge in [-0.3, -0.25) is 0 Å². The van der Waals surface area contributed by atoms with Gasteiger partial charge in [0.1, 0.15) is 6.15 Å². The minimum Gasteiger partial charge on any atom is -0.194 e. The number of aryl methyl sites for hydroxylation is 3. The predicted molar refractivity (Wildman–Crippen MR) is 239 cm³/mol. The summed E-state index contributed by atoms with van der Waals surface area (Å²) < 4.78 is 343. The van der Waals surface area contributed by atoms with Crippen molar-refractivity contribution in [1.82, 2.24) is 0 Å². The standard InChI is InChI=1S/C32H12BF24.C20H22N/c34-25(35,36)13-1-14(26(37,38)39)6-21(5-13)33(22-7-15(27(40,41)42)2-16(8-22)28(43,44)45,23-9-17(29(46,47)48)3-18(10-23)30(49,50)51)24-11-19(31(52,53)54)4-20(12-24)32(55,56)57;1-14-10-11-20-19(16(14)3)12-15(2)17(4)21(20)13-18-8-6-5-7-9-18/h1-12H;5-12H,13H2,1-4H3/q-1;+1. The average Bonchev–Trinajstić information content (AvgIpc) is 3.32. The molecule has 7 rings (SSSR count). The number of rotatable bonds is 6. The second-order valence-corrected chi connectivity index (χ2v) is 18.1. The van der Waals surface area contributed by atoms with E-state index in [1.54, 1.807) is 0 Å². The molecule has 0 aliphatic carbocycles. The molecule has 0 unspecified atom stereocenters. The van der Waals surface area contributed by atoms with Gasteiger partial charge in [0.15, 0.2) is 12.2 Å². The van der Waals surface area contributed by atoms with Gasteiger partial charge in [-0.1, -0.05) is 84.9 Å². The smallest absolute Gasteiger partial charge is 0.194 e. The summed E-state index contributed by atoms with van der Waals surface area (Å²) in [4.78, 5) is 0. The number of pyridine rings is 1. The maximum Gasteiger partial charge on any atom is 0.416 e. The Bertz CT molecular complexity index is 2920. The molecule has 78 heavy (non-hydrogen) atoms. The van der Waals surface area contributed by atoms with Gasteiger partial charge in [-0.05, 0) is 62.2 Å². The molecule has 0 aliphatic heterocycles. The van der Waals surface area contributed by atoms with Crippen molar-refractivity contribution < 1.29 is 110 Å². The van der Waals surface area contributed by atoms with Crippen molar-refractivity contribution >= 4 is 38.9 Å². The zero-order valence-electron chi connectivity index (χ0n) is 39.8. The molecule has 0 spiro atoms. The normalized spacial score (nSPS) is 13.4. The van der Waals surface area contributed by atoms with E-state index in [9.17, 15) is 105 Å². The molecule has 26 heteroatoms. The first-order chi connectivity index (χ1) is 35.3. The lowest BCUT2D eigenvalue weighted by Gasteiger charge is -2.46. The van der Waals surface area contributed by atoms with E-state index in [-0.39, 0.29) is 0 Å². The van der Waals surface area contributed by atoms with Crippen molar-refractivity contribution in [3.8, 4) is 0 Å². The van der Waals surface area contributed by atoms with Gasteiger partial charge in [0.2, 0.25) is 5.52 Å². The lowest BCUT2D eigenvalue weighted by molar-refractivity contribution is -0.668. The fourth-order valence-electron chi connectivity index (χ4n) is 9.00. The quantitative estimate of drug-likeness (QED) is 0.0888. The fourth-order valence-corrected chi connectivity index (χ4v) is 9.00. The Morgan fingerprint density at radius 3 is 0.846 bits per heavy atom. The van der Waals surface area contributed by atoms with E-state index >= 15 is 0 Å². The van der Waals surface area contributed by atoms with Gasteiger partial charge < -0.3 is 0 Å². The van der Waals surface area contributed by atoms with Crippen molar-refractivity contribution in [2.45, 2.75) is 83.7 Å². The van der Waals surface area contributed by atoms with Gasteiger partial charge in [-0.2, -0.15) is 132 Å². The largest absolute Gasteiger partial charge is 0.416 e. The molecule has 0 saturated carbocycles. The molecule has 6 aromatic carbocycles. The third-order valence-electron chi connectivity index (χ3n) is 13.0. The van der Waals surface area contributed by atoms with Crippen LogP contribution in [-0.2, 0) is 56.0 Å². The molecule has 1 heterocycles. The number of benzene rings is 6. The Morgan fingerprint density at radius 1 is 0.321 bits per heavy atom. The van der Waals surface area contributed by atoms with Crippen LogP contribution in [0.1, 0.15) is 72.5 Å². The number of fused-ring (bicyclic) bond motifs is 1. The van der Waals surface area contributed by atoms with Crippen molar-refractivity contribution in [1.29, 1.82) is 0 Å². The van der Waals surface area contributed by atoms with Crippen LogP contribution in [0.15, 0.2) is 121 Å². The average molecular weight is 1140 g/mol. The Hall–Kier alpha value is -6.89. The first kappa shape index (κ1) is 60.3. The lowest BCUT2D eigenvalue weighted by atomic mass is 9.12.